The SMILES string of the molecule is CC.CNc1ccc(CNc2cc(NC3(CO)CCCC3)nc3c(Br)cnn23)cc1.O=CC1CC1. The van der Waals surface area contributed by atoms with Crippen molar-refractivity contribution in [1.82, 2.24) is 14.6 Å². The Bertz CT molecular complexity index is 1080. The van der Waals surface area contributed by atoms with Crippen LogP contribution in [0.3, 0.4) is 0 Å². The lowest BCUT2D eigenvalue weighted by Crippen LogP contribution is -2.39. The molecule has 35 heavy (non-hydrogen) atoms. The second-order valence-electron chi connectivity index (χ2n) is 8.80. The van der Waals surface area contributed by atoms with Gasteiger partial charge in [-0.1, -0.05) is 38.8 Å². The van der Waals surface area contributed by atoms with Crippen molar-refractivity contribution in [3.8, 4) is 0 Å². The summed E-state index contributed by atoms with van der Waals surface area (Å²) in [6.45, 7) is 4.78. The van der Waals surface area contributed by atoms with E-state index in [9.17, 15) is 9.90 Å². The van der Waals surface area contributed by atoms with Crippen LogP contribution in [0.5, 0.6) is 0 Å². The highest BCUT2D eigenvalue weighted by atomic mass is 79.9. The third-order valence-electron chi connectivity index (χ3n) is 6.22. The summed E-state index contributed by atoms with van der Waals surface area (Å²) in [6.07, 6.45) is 9.22. The number of aromatic nitrogens is 3. The Kier molecular flexibility index (Phi) is 9.92. The molecule has 4 N–H and O–H groups in total. The van der Waals surface area contributed by atoms with E-state index in [1.165, 1.54) is 5.56 Å². The van der Waals surface area contributed by atoms with Gasteiger partial charge in [0, 0.05) is 31.3 Å². The first-order valence-electron chi connectivity index (χ1n) is 12.4. The first kappa shape index (κ1) is 26.9. The summed E-state index contributed by atoms with van der Waals surface area (Å²) in [4.78, 5) is 14.3. The van der Waals surface area contributed by atoms with Gasteiger partial charge in [0.2, 0.25) is 0 Å². The lowest BCUT2D eigenvalue weighted by atomic mass is 9.99. The van der Waals surface area contributed by atoms with E-state index in [4.69, 9.17) is 4.98 Å². The van der Waals surface area contributed by atoms with Gasteiger partial charge in [-0.2, -0.15) is 9.61 Å². The van der Waals surface area contributed by atoms with Gasteiger partial charge in [-0.05, 0) is 59.3 Å². The molecule has 9 heteroatoms. The number of hydrogen-bond acceptors (Lipinski definition) is 7. The van der Waals surface area contributed by atoms with Crippen molar-refractivity contribution in [2.75, 3.05) is 29.6 Å². The Labute approximate surface area is 216 Å². The number of fused-ring (bicyclic) bond motifs is 1. The Morgan fingerprint density at radius 3 is 2.43 bits per heavy atom. The molecule has 2 saturated carbocycles. The molecule has 1 aromatic carbocycles. The summed E-state index contributed by atoms with van der Waals surface area (Å²) in [5, 5.41) is 24.4. The third-order valence-corrected chi connectivity index (χ3v) is 6.78. The smallest absolute Gasteiger partial charge is 0.173 e. The number of rotatable bonds is 8. The molecule has 0 amide bonds. The molecule has 0 spiro atoms. The number of hydrogen-bond donors (Lipinski definition) is 4. The monoisotopic (exact) mass is 544 g/mol. The lowest BCUT2D eigenvalue weighted by Gasteiger charge is -2.29. The summed E-state index contributed by atoms with van der Waals surface area (Å²) in [5.41, 5.74) is 2.72. The molecule has 2 aromatic heterocycles. The normalized spacial score (nSPS) is 15.9. The van der Waals surface area contributed by atoms with E-state index in [2.05, 4.69) is 61.2 Å². The van der Waals surface area contributed by atoms with Crippen LogP contribution in [0.2, 0.25) is 0 Å². The predicted octanol–water partition coefficient (Wildman–Crippen LogP) is 5.48. The summed E-state index contributed by atoms with van der Waals surface area (Å²) < 4.78 is 2.62. The number of carbonyl (C=O) groups is 1. The van der Waals surface area contributed by atoms with E-state index in [1.807, 2.05) is 27.0 Å². The van der Waals surface area contributed by atoms with Crippen molar-refractivity contribution in [3.63, 3.8) is 0 Å². The first-order valence-corrected chi connectivity index (χ1v) is 13.2. The van der Waals surface area contributed by atoms with Gasteiger partial charge in [0.25, 0.3) is 0 Å². The zero-order chi connectivity index (χ0) is 25.3. The number of benzene rings is 1. The van der Waals surface area contributed by atoms with Crippen molar-refractivity contribution in [2.45, 2.75) is 64.5 Å². The van der Waals surface area contributed by atoms with Crippen LogP contribution in [0.1, 0.15) is 57.9 Å². The highest BCUT2D eigenvalue weighted by Gasteiger charge is 2.33. The van der Waals surface area contributed by atoms with Crippen molar-refractivity contribution in [2.24, 2.45) is 5.92 Å². The number of halogens is 1. The van der Waals surface area contributed by atoms with Crippen LogP contribution in [0.15, 0.2) is 41.0 Å². The fourth-order valence-electron chi connectivity index (χ4n) is 3.99. The lowest BCUT2D eigenvalue weighted by molar-refractivity contribution is -0.108. The average Bonchev–Trinajstić information content (AvgIpc) is 3.53. The Balaban J connectivity index is 0.000000428. The van der Waals surface area contributed by atoms with Crippen LogP contribution >= 0.6 is 15.9 Å². The van der Waals surface area contributed by atoms with Crippen LogP contribution < -0.4 is 16.0 Å². The zero-order valence-corrected chi connectivity index (χ0v) is 22.4. The van der Waals surface area contributed by atoms with Crippen molar-refractivity contribution in [1.29, 1.82) is 0 Å². The van der Waals surface area contributed by atoms with E-state index >= 15 is 0 Å². The van der Waals surface area contributed by atoms with E-state index in [1.54, 1.807) is 10.7 Å². The average molecular weight is 546 g/mol. The fourth-order valence-corrected chi connectivity index (χ4v) is 4.33. The number of anilines is 3. The summed E-state index contributed by atoms with van der Waals surface area (Å²) in [5.74, 6) is 2.05. The van der Waals surface area contributed by atoms with Crippen LogP contribution in [0.4, 0.5) is 17.3 Å². The molecule has 0 saturated heterocycles. The zero-order valence-electron chi connectivity index (χ0n) is 20.9. The minimum absolute atomic E-state index is 0.112. The maximum Gasteiger partial charge on any atom is 0.173 e. The Hall–Kier alpha value is -2.65. The summed E-state index contributed by atoms with van der Waals surface area (Å²) >= 11 is 3.53. The molecule has 3 aromatic rings. The minimum Gasteiger partial charge on any atom is -0.394 e. The maximum absolute atomic E-state index is 9.93. The number of nitrogens with zero attached hydrogens (tertiary/aromatic N) is 3. The van der Waals surface area contributed by atoms with Gasteiger partial charge in [-0.3, -0.25) is 0 Å². The molecule has 2 fully saturated rings. The van der Waals surface area contributed by atoms with Gasteiger partial charge in [0.05, 0.1) is 22.8 Å². The van der Waals surface area contributed by atoms with Crippen LogP contribution in [0, 0.1) is 5.92 Å². The largest absolute Gasteiger partial charge is 0.394 e. The van der Waals surface area contributed by atoms with E-state index in [0.717, 1.165) is 72.3 Å². The highest BCUT2D eigenvalue weighted by Crippen LogP contribution is 2.33. The van der Waals surface area contributed by atoms with Gasteiger partial charge in [0.1, 0.15) is 17.9 Å². The van der Waals surface area contributed by atoms with E-state index in [-0.39, 0.29) is 12.1 Å². The Morgan fingerprint density at radius 1 is 1.20 bits per heavy atom. The van der Waals surface area contributed by atoms with E-state index < -0.39 is 0 Å². The molecule has 2 aliphatic carbocycles. The molecule has 2 aliphatic rings. The molecular weight excluding hydrogens is 508 g/mol. The minimum atomic E-state index is -0.280. The number of aliphatic hydroxyl groups is 1. The van der Waals surface area contributed by atoms with Crippen LogP contribution in [-0.2, 0) is 11.3 Å². The number of aliphatic hydroxyl groups excluding tert-OH is 1. The quantitative estimate of drug-likeness (QED) is 0.278. The van der Waals surface area contributed by atoms with E-state index in [0.29, 0.717) is 12.5 Å². The maximum atomic E-state index is 9.93. The second-order valence-corrected chi connectivity index (χ2v) is 9.65. The summed E-state index contributed by atoms with van der Waals surface area (Å²) in [6, 6.07) is 10.3. The molecular formula is C26H37BrN6O2. The predicted molar refractivity (Wildman–Crippen MR) is 146 cm³/mol. The van der Waals surface area contributed by atoms with Gasteiger partial charge in [-0.15, -0.1) is 0 Å². The topological polar surface area (TPSA) is 104 Å². The number of carbonyl (C=O) groups excluding carboxylic acids is 1. The fraction of sp³-hybridized carbons (Fsp3) is 0.500. The molecule has 0 radical (unpaired) electrons. The van der Waals surface area contributed by atoms with Gasteiger partial charge < -0.3 is 25.9 Å². The standard InChI is InChI=1S/C20H25BrN6O.C4H6O.C2H6/c1-22-15-6-4-14(5-7-15)11-23-18-10-17(25-19-16(21)12-24-27(18)19)26-20(13-28)8-2-3-9-20;5-3-4-1-2-4;1-2/h4-7,10,12,22-23,28H,2-3,8-9,11,13H2,1H3,(H,25,26);3-4H,1-2H2;1-2H3. The molecule has 190 valence electrons. The van der Waals surface area contributed by atoms with Crippen molar-refractivity contribution in [3.05, 3.63) is 46.6 Å². The first-order chi connectivity index (χ1) is 17.1. The molecule has 0 aliphatic heterocycles. The molecule has 2 heterocycles. The van der Waals surface area contributed by atoms with Crippen molar-refractivity contribution >= 4 is 45.2 Å². The summed E-state index contributed by atoms with van der Waals surface area (Å²) in [7, 11) is 1.91. The molecule has 0 bridgehead atoms. The Morgan fingerprint density at radius 2 is 1.89 bits per heavy atom. The van der Waals surface area contributed by atoms with Gasteiger partial charge in [-0.25, -0.2) is 4.98 Å². The number of nitrogens with one attached hydrogen (secondary N) is 3. The number of aldehydes is 1. The molecule has 8 nitrogen and oxygen atoms in total. The third kappa shape index (κ3) is 7.18. The van der Waals surface area contributed by atoms with Gasteiger partial charge >= 0.3 is 0 Å². The highest BCUT2D eigenvalue weighted by molar-refractivity contribution is 9.10. The van der Waals surface area contributed by atoms with Crippen LogP contribution in [0.25, 0.3) is 5.65 Å². The molecule has 5 rings (SSSR count). The van der Waals surface area contributed by atoms with Crippen molar-refractivity contribution < 1.29 is 9.90 Å². The molecule has 0 unspecified atom stereocenters. The second kappa shape index (κ2) is 12.9. The van der Waals surface area contributed by atoms with Gasteiger partial charge in [0.15, 0.2) is 5.65 Å². The van der Waals surface area contributed by atoms with Crippen LogP contribution in [-0.4, -0.2) is 45.2 Å². The molecule has 0 atom stereocenters.